The number of carbonyl (C=O) groups is 2. The Labute approximate surface area is 196 Å². The van der Waals surface area contributed by atoms with Crippen molar-refractivity contribution in [3.8, 4) is 0 Å². The van der Waals surface area contributed by atoms with E-state index in [-0.39, 0.29) is 17.6 Å². The Morgan fingerprint density at radius 3 is 1.81 bits per heavy atom. The van der Waals surface area contributed by atoms with Gasteiger partial charge in [0.1, 0.15) is 0 Å². The van der Waals surface area contributed by atoms with Gasteiger partial charge in [0.05, 0.1) is 23.3 Å². The highest BCUT2D eigenvalue weighted by molar-refractivity contribution is 5.91. The summed E-state index contributed by atoms with van der Waals surface area (Å²) in [6.45, 7) is 16.5. The SMILES string of the molecule is CC(C)(N)NC(CCCCN)C(=O)C(C)(C)C(C)(C)NCCCCC(N)C(=O)C(C)(C)N. The van der Waals surface area contributed by atoms with Crippen molar-refractivity contribution in [1.29, 1.82) is 0 Å². The van der Waals surface area contributed by atoms with Crippen LogP contribution in [-0.4, -0.2) is 53.5 Å². The molecule has 2 unspecified atom stereocenters. The summed E-state index contributed by atoms with van der Waals surface area (Å²) in [6.07, 6.45) is 4.73. The van der Waals surface area contributed by atoms with Crippen molar-refractivity contribution in [2.75, 3.05) is 13.1 Å². The molecule has 190 valence electrons. The summed E-state index contributed by atoms with van der Waals surface area (Å²) in [5, 5.41) is 6.86. The molecule has 0 saturated carbocycles. The fourth-order valence-corrected chi connectivity index (χ4v) is 3.67. The van der Waals surface area contributed by atoms with E-state index in [2.05, 4.69) is 24.5 Å². The van der Waals surface area contributed by atoms with Gasteiger partial charge >= 0.3 is 0 Å². The molecular weight excluding hydrogens is 404 g/mol. The van der Waals surface area contributed by atoms with Gasteiger partial charge in [-0.05, 0) is 80.3 Å². The lowest BCUT2D eigenvalue weighted by Gasteiger charge is -2.44. The summed E-state index contributed by atoms with van der Waals surface area (Å²) in [5.74, 6) is 0.0249. The Morgan fingerprint density at radius 1 is 0.812 bits per heavy atom. The number of Topliss-reactive ketones (excluding diaryl/α,β-unsaturated/α-hetero) is 2. The molecule has 0 aromatic rings. The minimum atomic E-state index is -0.906. The van der Waals surface area contributed by atoms with Crippen LogP contribution in [0.25, 0.3) is 0 Å². The van der Waals surface area contributed by atoms with Gasteiger partial charge in [-0.15, -0.1) is 0 Å². The van der Waals surface area contributed by atoms with Gasteiger partial charge in [0.25, 0.3) is 0 Å². The van der Waals surface area contributed by atoms with Crippen LogP contribution in [0.5, 0.6) is 0 Å². The van der Waals surface area contributed by atoms with Crippen LogP contribution >= 0.6 is 0 Å². The van der Waals surface area contributed by atoms with Gasteiger partial charge in [-0.1, -0.05) is 26.7 Å². The third kappa shape index (κ3) is 10.4. The summed E-state index contributed by atoms with van der Waals surface area (Å²) >= 11 is 0. The van der Waals surface area contributed by atoms with Crippen molar-refractivity contribution in [1.82, 2.24) is 10.6 Å². The molecule has 0 aliphatic carbocycles. The van der Waals surface area contributed by atoms with E-state index in [9.17, 15) is 9.59 Å². The van der Waals surface area contributed by atoms with E-state index < -0.39 is 28.2 Å². The second kappa shape index (κ2) is 12.5. The Bertz CT molecular complexity index is 590. The molecule has 0 amide bonds. The number of nitrogens with two attached hydrogens (primary N) is 4. The molecule has 0 saturated heterocycles. The van der Waals surface area contributed by atoms with Crippen molar-refractivity contribution in [3.05, 3.63) is 0 Å². The zero-order valence-corrected chi connectivity index (χ0v) is 21.9. The zero-order valence-electron chi connectivity index (χ0n) is 21.9. The number of unbranched alkanes of at least 4 members (excludes halogenated alkanes) is 2. The smallest absolute Gasteiger partial charge is 0.168 e. The number of hydrogen-bond donors (Lipinski definition) is 6. The third-order valence-corrected chi connectivity index (χ3v) is 6.47. The van der Waals surface area contributed by atoms with Gasteiger partial charge in [0.2, 0.25) is 0 Å². The minimum absolute atomic E-state index is 0.117. The topological polar surface area (TPSA) is 162 Å². The maximum absolute atomic E-state index is 13.6. The Morgan fingerprint density at radius 2 is 1.34 bits per heavy atom. The molecule has 0 rings (SSSR count). The van der Waals surface area contributed by atoms with Crippen LogP contribution in [0, 0.1) is 5.41 Å². The molecule has 0 heterocycles. The van der Waals surface area contributed by atoms with Gasteiger partial charge in [0, 0.05) is 11.0 Å². The van der Waals surface area contributed by atoms with Crippen LogP contribution in [0.4, 0.5) is 0 Å². The van der Waals surface area contributed by atoms with Crippen LogP contribution in [0.3, 0.4) is 0 Å². The monoisotopic (exact) mass is 456 g/mol. The molecule has 0 aliphatic heterocycles. The van der Waals surface area contributed by atoms with E-state index in [4.69, 9.17) is 22.9 Å². The number of ketones is 2. The fraction of sp³-hybridized carbons (Fsp3) is 0.917. The van der Waals surface area contributed by atoms with E-state index in [0.29, 0.717) is 19.4 Å². The van der Waals surface area contributed by atoms with E-state index >= 15 is 0 Å². The molecule has 0 radical (unpaired) electrons. The molecule has 2 atom stereocenters. The summed E-state index contributed by atoms with van der Waals surface area (Å²) in [5.41, 5.74) is 21.0. The second-order valence-electron chi connectivity index (χ2n) is 11.4. The molecular formula is C24H52N6O2. The van der Waals surface area contributed by atoms with Crippen molar-refractivity contribution in [3.63, 3.8) is 0 Å². The standard InChI is InChI=1S/C24H52N6O2/c1-21(2,20(32)18(14-9-11-15-25)30-24(7,8)28)23(5,6)29-16-12-10-13-17(26)19(31)22(3,4)27/h17-18,29-30H,9-16,25-28H2,1-8H3. The Kier molecular flexibility index (Phi) is 12.2. The summed E-state index contributed by atoms with van der Waals surface area (Å²) in [4.78, 5) is 25.7. The molecule has 0 bridgehead atoms. The van der Waals surface area contributed by atoms with Gasteiger partial charge < -0.3 is 28.3 Å². The first-order valence-electron chi connectivity index (χ1n) is 12.0. The van der Waals surface area contributed by atoms with E-state index in [1.54, 1.807) is 13.8 Å². The van der Waals surface area contributed by atoms with Crippen molar-refractivity contribution in [2.24, 2.45) is 28.3 Å². The van der Waals surface area contributed by atoms with Crippen molar-refractivity contribution >= 4 is 11.6 Å². The fourth-order valence-electron chi connectivity index (χ4n) is 3.67. The van der Waals surface area contributed by atoms with E-state index in [0.717, 1.165) is 32.2 Å². The number of nitrogens with one attached hydrogen (secondary N) is 2. The van der Waals surface area contributed by atoms with Crippen LogP contribution in [0.15, 0.2) is 0 Å². The van der Waals surface area contributed by atoms with Gasteiger partial charge in [-0.25, -0.2) is 0 Å². The van der Waals surface area contributed by atoms with Crippen LogP contribution in [0.2, 0.25) is 0 Å². The van der Waals surface area contributed by atoms with Crippen LogP contribution in [-0.2, 0) is 9.59 Å². The minimum Gasteiger partial charge on any atom is -0.330 e. The number of rotatable bonds is 17. The maximum Gasteiger partial charge on any atom is 0.168 e. The Hall–Kier alpha value is -0.900. The molecule has 0 spiro atoms. The third-order valence-electron chi connectivity index (χ3n) is 6.47. The summed E-state index contributed by atoms with van der Waals surface area (Å²) < 4.78 is 0. The average molecular weight is 457 g/mol. The second-order valence-corrected chi connectivity index (χ2v) is 11.4. The maximum atomic E-state index is 13.6. The number of carbonyl (C=O) groups excluding carboxylic acids is 2. The molecule has 10 N–H and O–H groups in total. The number of hydrogen-bond acceptors (Lipinski definition) is 8. The summed E-state index contributed by atoms with van der Waals surface area (Å²) in [7, 11) is 0. The largest absolute Gasteiger partial charge is 0.330 e. The first-order chi connectivity index (χ1) is 14.4. The molecule has 8 nitrogen and oxygen atoms in total. The first kappa shape index (κ1) is 31.1. The quantitative estimate of drug-likeness (QED) is 0.142. The molecule has 0 aromatic carbocycles. The highest BCUT2D eigenvalue weighted by Crippen LogP contribution is 2.34. The molecule has 0 fully saturated rings. The predicted molar refractivity (Wildman–Crippen MR) is 134 cm³/mol. The van der Waals surface area contributed by atoms with Gasteiger partial charge in [0.15, 0.2) is 11.6 Å². The lowest BCUT2D eigenvalue weighted by atomic mass is 9.68. The molecule has 0 aliphatic rings. The first-order valence-corrected chi connectivity index (χ1v) is 12.0. The van der Waals surface area contributed by atoms with Gasteiger partial charge in [-0.2, -0.15) is 0 Å². The lowest BCUT2D eigenvalue weighted by molar-refractivity contribution is -0.134. The van der Waals surface area contributed by atoms with Gasteiger partial charge in [-0.3, -0.25) is 14.9 Å². The van der Waals surface area contributed by atoms with Crippen molar-refractivity contribution in [2.45, 2.75) is 123 Å². The highest BCUT2D eigenvalue weighted by atomic mass is 16.1. The van der Waals surface area contributed by atoms with Crippen molar-refractivity contribution < 1.29 is 9.59 Å². The average Bonchev–Trinajstić information content (AvgIpc) is 2.63. The van der Waals surface area contributed by atoms with E-state index in [1.165, 1.54) is 0 Å². The molecule has 8 heteroatoms. The van der Waals surface area contributed by atoms with E-state index in [1.807, 2.05) is 27.7 Å². The molecule has 0 aromatic heterocycles. The zero-order chi connectivity index (χ0) is 25.4. The molecule has 32 heavy (non-hydrogen) atoms. The lowest BCUT2D eigenvalue weighted by Crippen LogP contribution is -2.62. The van der Waals surface area contributed by atoms with Crippen LogP contribution < -0.4 is 33.6 Å². The normalized spacial score (nSPS) is 15.5. The highest BCUT2D eigenvalue weighted by Gasteiger charge is 2.45. The summed E-state index contributed by atoms with van der Waals surface area (Å²) in [6, 6.07) is -0.873. The van der Waals surface area contributed by atoms with Crippen LogP contribution in [0.1, 0.15) is 93.9 Å². The Balaban J connectivity index is 4.94. The predicted octanol–water partition coefficient (Wildman–Crippen LogP) is 1.54.